The summed E-state index contributed by atoms with van der Waals surface area (Å²) in [7, 11) is -3.58. The van der Waals surface area contributed by atoms with Crippen molar-refractivity contribution < 1.29 is 13.2 Å². The van der Waals surface area contributed by atoms with Gasteiger partial charge in [0.2, 0.25) is 15.9 Å². The summed E-state index contributed by atoms with van der Waals surface area (Å²) in [4.78, 5) is 11.2. The molecule has 2 rings (SSSR count). The van der Waals surface area contributed by atoms with Crippen molar-refractivity contribution in [3.8, 4) is 0 Å². The number of hydrogen-bond acceptors (Lipinski definition) is 4. The topological polar surface area (TPSA) is 87.3 Å². The molecule has 0 fully saturated rings. The van der Waals surface area contributed by atoms with Gasteiger partial charge in [0.1, 0.15) is 0 Å². The summed E-state index contributed by atoms with van der Waals surface area (Å²) in [6.07, 6.45) is 2.84. The lowest BCUT2D eigenvalue weighted by Crippen LogP contribution is -2.29. The number of amides is 1. The monoisotopic (exact) mass is 387 g/mol. The van der Waals surface area contributed by atoms with Crippen LogP contribution in [0.4, 0.5) is 5.69 Å². The number of halogens is 1. The van der Waals surface area contributed by atoms with Crippen molar-refractivity contribution in [1.29, 1.82) is 0 Å². The van der Waals surface area contributed by atoms with Crippen LogP contribution in [0.2, 0.25) is 0 Å². The second-order valence-corrected chi connectivity index (χ2v) is 7.59. The Hall–Kier alpha value is -1.22. The van der Waals surface area contributed by atoms with E-state index in [1.165, 1.54) is 19.1 Å². The molecule has 22 heavy (non-hydrogen) atoms. The molecule has 0 radical (unpaired) electrons. The van der Waals surface area contributed by atoms with E-state index in [1.807, 2.05) is 6.08 Å². The maximum atomic E-state index is 12.3. The number of rotatable bonds is 5. The Balaban J connectivity index is 2.10. The average molecular weight is 388 g/mol. The molecule has 1 aromatic rings. The Labute approximate surface area is 138 Å². The van der Waals surface area contributed by atoms with Crippen molar-refractivity contribution in [2.75, 3.05) is 25.0 Å². The lowest BCUT2D eigenvalue weighted by atomic mass is 10.1. The standard InChI is InChI=1S/C14H18BrN3O3S/c1-10(19)18-14-3-2-12(8-13(14)15)22(20,21)17-9-11-4-6-16-7-5-11/h2-4,8,16-17H,5-7,9H2,1H3,(H,18,19). The molecule has 6 nitrogen and oxygen atoms in total. The van der Waals surface area contributed by atoms with Gasteiger partial charge in [-0.05, 0) is 47.1 Å². The molecule has 120 valence electrons. The van der Waals surface area contributed by atoms with E-state index in [1.54, 1.807) is 6.07 Å². The Morgan fingerprint density at radius 1 is 1.41 bits per heavy atom. The maximum Gasteiger partial charge on any atom is 0.240 e. The first-order valence-corrected chi connectivity index (χ1v) is 9.11. The second-order valence-electron chi connectivity index (χ2n) is 4.96. The molecule has 1 heterocycles. The Kier molecular flexibility index (Phi) is 5.74. The molecule has 0 atom stereocenters. The first-order valence-electron chi connectivity index (χ1n) is 6.84. The minimum Gasteiger partial charge on any atom is -0.325 e. The van der Waals surface area contributed by atoms with Crippen molar-refractivity contribution >= 4 is 37.5 Å². The van der Waals surface area contributed by atoms with Crippen molar-refractivity contribution in [2.45, 2.75) is 18.2 Å². The van der Waals surface area contributed by atoms with E-state index in [0.29, 0.717) is 16.7 Å². The van der Waals surface area contributed by atoms with Crippen LogP contribution < -0.4 is 15.4 Å². The maximum absolute atomic E-state index is 12.3. The van der Waals surface area contributed by atoms with Gasteiger partial charge in [-0.3, -0.25) is 4.79 Å². The van der Waals surface area contributed by atoms with Crippen molar-refractivity contribution in [2.24, 2.45) is 0 Å². The van der Waals surface area contributed by atoms with E-state index < -0.39 is 10.0 Å². The molecule has 3 N–H and O–H groups in total. The number of carbonyl (C=O) groups excluding carboxylic acids is 1. The zero-order valence-electron chi connectivity index (χ0n) is 12.1. The number of nitrogens with one attached hydrogen (secondary N) is 3. The van der Waals surface area contributed by atoms with Crippen LogP contribution in [0.1, 0.15) is 13.3 Å². The third kappa shape index (κ3) is 4.64. The van der Waals surface area contributed by atoms with Crippen molar-refractivity contribution in [3.63, 3.8) is 0 Å². The molecular formula is C14H18BrN3O3S. The molecule has 0 aliphatic carbocycles. The number of hydrogen-bond donors (Lipinski definition) is 3. The largest absolute Gasteiger partial charge is 0.325 e. The molecule has 1 amide bonds. The van der Waals surface area contributed by atoms with Crippen LogP contribution in [-0.4, -0.2) is 34.0 Å². The third-order valence-electron chi connectivity index (χ3n) is 3.21. The molecule has 0 bridgehead atoms. The summed E-state index contributed by atoms with van der Waals surface area (Å²) in [5.41, 5.74) is 1.61. The van der Waals surface area contributed by atoms with E-state index in [0.717, 1.165) is 25.1 Å². The Morgan fingerprint density at radius 3 is 2.77 bits per heavy atom. The summed E-state index contributed by atoms with van der Waals surface area (Å²) < 4.78 is 27.7. The number of anilines is 1. The van der Waals surface area contributed by atoms with Crippen LogP contribution in [0.3, 0.4) is 0 Å². The smallest absolute Gasteiger partial charge is 0.240 e. The van der Waals surface area contributed by atoms with Crippen LogP contribution in [0, 0.1) is 0 Å². The minimum absolute atomic E-state index is 0.156. The van der Waals surface area contributed by atoms with Crippen LogP contribution in [0.25, 0.3) is 0 Å². The van der Waals surface area contributed by atoms with Gasteiger partial charge in [-0.2, -0.15) is 0 Å². The molecule has 8 heteroatoms. The van der Waals surface area contributed by atoms with Crippen molar-refractivity contribution in [3.05, 3.63) is 34.3 Å². The van der Waals surface area contributed by atoms with E-state index in [-0.39, 0.29) is 10.8 Å². The first-order chi connectivity index (χ1) is 10.4. The zero-order chi connectivity index (χ0) is 16.2. The van der Waals surface area contributed by atoms with Crippen LogP contribution in [-0.2, 0) is 14.8 Å². The Morgan fingerprint density at radius 2 is 2.18 bits per heavy atom. The zero-order valence-corrected chi connectivity index (χ0v) is 14.6. The predicted octanol–water partition coefficient (Wildman–Crippen LogP) is 1.61. The van der Waals surface area contributed by atoms with Crippen molar-refractivity contribution in [1.82, 2.24) is 10.0 Å². The number of benzene rings is 1. The predicted molar refractivity (Wildman–Crippen MR) is 89.2 cm³/mol. The molecule has 1 aliphatic rings. The quantitative estimate of drug-likeness (QED) is 0.669. The molecule has 0 saturated carbocycles. The third-order valence-corrected chi connectivity index (χ3v) is 5.26. The minimum atomic E-state index is -3.58. The van der Waals surface area contributed by atoms with Gasteiger partial charge in [0.25, 0.3) is 0 Å². The van der Waals surface area contributed by atoms with Gasteiger partial charge < -0.3 is 10.6 Å². The lowest BCUT2D eigenvalue weighted by molar-refractivity contribution is -0.114. The first kappa shape index (κ1) is 17.1. The average Bonchev–Trinajstić information content (AvgIpc) is 2.48. The molecule has 0 spiro atoms. The highest BCUT2D eigenvalue weighted by Gasteiger charge is 2.16. The van der Waals surface area contributed by atoms with Crippen LogP contribution in [0.15, 0.2) is 39.2 Å². The fraction of sp³-hybridized carbons (Fsp3) is 0.357. The molecule has 0 unspecified atom stereocenters. The van der Waals surface area contributed by atoms with E-state index >= 15 is 0 Å². The van der Waals surface area contributed by atoms with Gasteiger partial charge in [0.05, 0.1) is 10.6 Å². The number of carbonyl (C=O) groups is 1. The van der Waals surface area contributed by atoms with Crippen LogP contribution in [0.5, 0.6) is 0 Å². The highest BCUT2D eigenvalue weighted by Crippen LogP contribution is 2.25. The van der Waals surface area contributed by atoms with E-state index in [4.69, 9.17) is 0 Å². The fourth-order valence-electron chi connectivity index (χ4n) is 2.06. The summed E-state index contributed by atoms with van der Waals surface area (Å²) in [5, 5.41) is 5.80. The molecule has 0 saturated heterocycles. The summed E-state index contributed by atoms with van der Waals surface area (Å²) in [5.74, 6) is -0.215. The van der Waals surface area contributed by atoms with Gasteiger partial charge in [-0.15, -0.1) is 0 Å². The Bertz CT molecular complexity index is 701. The normalized spacial score (nSPS) is 15.3. The fourth-order valence-corrected chi connectivity index (χ4v) is 3.75. The molecular weight excluding hydrogens is 370 g/mol. The molecule has 1 aliphatic heterocycles. The highest BCUT2D eigenvalue weighted by molar-refractivity contribution is 9.10. The lowest BCUT2D eigenvalue weighted by Gasteiger charge is -2.15. The number of sulfonamides is 1. The highest BCUT2D eigenvalue weighted by atomic mass is 79.9. The van der Waals surface area contributed by atoms with Gasteiger partial charge in [-0.25, -0.2) is 13.1 Å². The summed E-state index contributed by atoms with van der Waals surface area (Å²) in [6, 6.07) is 4.50. The van der Waals surface area contributed by atoms with E-state index in [2.05, 4.69) is 31.3 Å². The second kappa shape index (κ2) is 7.36. The molecule has 0 aromatic heterocycles. The summed E-state index contributed by atoms with van der Waals surface area (Å²) >= 11 is 3.27. The van der Waals surface area contributed by atoms with Gasteiger partial charge in [-0.1, -0.05) is 11.6 Å². The van der Waals surface area contributed by atoms with Gasteiger partial charge in [0.15, 0.2) is 0 Å². The van der Waals surface area contributed by atoms with Crippen LogP contribution >= 0.6 is 15.9 Å². The van der Waals surface area contributed by atoms with E-state index in [9.17, 15) is 13.2 Å². The SMILES string of the molecule is CC(=O)Nc1ccc(S(=O)(=O)NCC2=CCNCC2)cc1Br. The molecule has 1 aromatic carbocycles. The summed E-state index contributed by atoms with van der Waals surface area (Å²) in [6.45, 7) is 3.35. The van der Waals surface area contributed by atoms with Gasteiger partial charge in [0, 0.05) is 24.5 Å². The van der Waals surface area contributed by atoms with Gasteiger partial charge >= 0.3 is 0 Å².